The molecule has 0 radical (unpaired) electrons. The molecule has 0 saturated carbocycles. The molecule has 10 nitrogen and oxygen atoms in total. The molecule has 10 heteroatoms. The molecule has 0 spiro atoms. The Balaban J connectivity index is 1.59. The van der Waals surface area contributed by atoms with Crippen LogP contribution in [-0.4, -0.2) is 35.8 Å². The number of hydrogen-bond acceptors (Lipinski definition) is 6. The van der Waals surface area contributed by atoms with Crippen molar-refractivity contribution in [3.8, 4) is 5.75 Å². The van der Waals surface area contributed by atoms with Gasteiger partial charge in [-0.15, -0.1) is 0 Å². The normalized spacial score (nSPS) is 15.6. The van der Waals surface area contributed by atoms with Gasteiger partial charge in [0.05, 0.1) is 23.1 Å². The number of para-hydroxylation sites is 2. The number of carbonyl (C=O) groups excluding carboxylic acids is 3. The van der Waals surface area contributed by atoms with E-state index in [-0.39, 0.29) is 30.1 Å². The van der Waals surface area contributed by atoms with Crippen LogP contribution in [0.15, 0.2) is 48.5 Å². The Labute approximate surface area is 171 Å². The molecule has 2 N–H and O–H groups in total. The predicted octanol–water partition coefficient (Wildman–Crippen LogP) is 1.81. The van der Waals surface area contributed by atoms with E-state index in [1.54, 1.807) is 24.3 Å². The third kappa shape index (κ3) is 4.54. The Hall–Kier alpha value is -3.95. The summed E-state index contributed by atoms with van der Waals surface area (Å²) in [6.07, 6.45) is -0.000303. The maximum atomic E-state index is 12.4. The van der Waals surface area contributed by atoms with Crippen LogP contribution in [0.25, 0.3) is 0 Å². The van der Waals surface area contributed by atoms with Crippen LogP contribution in [0.5, 0.6) is 5.75 Å². The SMILES string of the molecule is CCOc1ccccc1N1C[C@H](C(=O)NNC(=O)c2ccc([N+](=O)[O-])cc2)CC1=O. The van der Waals surface area contributed by atoms with Crippen molar-refractivity contribution in [3.05, 3.63) is 64.2 Å². The van der Waals surface area contributed by atoms with Crippen molar-refractivity contribution in [2.75, 3.05) is 18.1 Å². The number of hydrazine groups is 1. The van der Waals surface area contributed by atoms with Crippen LogP contribution in [0.1, 0.15) is 23.7 Å². The number of anilines is 1. The highest BCUT2D eigenvalue weighted by Crippen LogP contribution is 2.33. The second-order valence-electron chi connectivity index (χ2n) is 6.55. The van der Waals surface area contributed by atoms with Crippen molar-refractivity contribution >= 4 is 29.1 Å². The third-order valence-electron chi connectivity index (χ3n) is 4.59. The molecule has 1 saturated heterocycles. The minimum atomic E-state index is -0.649. The fourth-order valence-electron chi connectivity index (χ4n) is 3.10. The summed E-state index contributed by atoms with van der Waals surface area (Å²) in [5.41, 5.74) is 5.17. The number of carbonyl (C=O) groups is 3. The first kappa shape index (κ1) is 20.8. The van der Waals surface area contributed by atoms with Gasteiger partial charge < -0.3 is 9.64 Å². The molecule has 2 aromatic rings. The van der Waals surface area contributed by atoms with Gasteiger partial charge in [-0.05, 0) is 31.2 Å². The number of benzene rings is 2. The zero-order valence-corrected chi connectivity index (χ0v) is 16.2. The average molecular weight is 412 g/mol. The highest BCUT2D eigenvalue weighted by Gasteiger charge is 2.36. The van der Waals surface area contributed by atoms with Crippen LogP contribution in [0.3, 0.4) is 0 Å². The van der Waals surface area contributed by atoms with Gasteiger partial charge in [-0.25, -0.2) is 0 Å². The Bertz CT molecular complexity index is 976. The van der Waals surface area contributed by atoms with E-state index < -0.39 is 22.7 Å². The smallest absolute Gasteiger partial charge is 0.269 e. The molecule has 3 amide bonds. The zero-order chi connectivity index (χ0) is 21.7. The third-order valence-corrected chi connectivity index (χ3v) is 4.59. The van der Waals surface area contributed by atoms with Crippen LogP contribution in [0, 0.1) is 16.0 Å². The lowest BCUT2D eigenvalue weighted by Crippen LogP contribution is -2.45. The molecule has 1 fully saturated rings. The van der Waals surface area contributed by atoms with E-state index in [1.165, 1.54) is 29.2 Å². The molecule has 156 valence electrons. The Morgan fingerprint density at radius 1 is 1.17 bits per heavy atom. The second-order valence-corrected chi connectivity index (χ2v) is 6.55. The number of nitrogens with one attached hydrogen (secondary N) is 2. The van der Waals surface area contributed by atoms with E-state index in [2.05, 4.69) is 10.9 Å². The van der Waals surface area contributed by atoms with Crippen LogP contribution in [0.4, 0.5) is 11.4 Å². The second kappa shape index (κ2) is 9.03. The van der Waals surface area contributed by atoms with Crippen molar-refractivity contribution in [3.63, 3.8) is 0 Å². The predicted molar refractivity (Wildman–Crippen MR) is 107 cm³/mol. The highest BCUT2D eigenvalue weighted by atomic mass is 16.6. The molecule has 1 aliphatic rings. The Morgan fingerprint density at radius 3 is 2.53 bits per heavy atom. The van der Waals surface area contributed by atoms with Gasteiger partial charge in [0.1, 0.15) is 5.75 Å². The van der Waals surface area contributed by atoms with Crippen molar-refractivity contribution < 1.29 is 24.0 Å². The number of rotatable bonds is 6. The summed E-state index contributed by atoms with van der Waals surface area (Å²) >= 11 is 0. The first-order chi connectivity index (χ1) is 14.4. The van der Waals surface area contributed by atoms with E-state index in [9.17, 15) is 24.5 Å². The van der Waals surface area contributed by atoms with Gasteiger partial charge >= 0.3 is 0 Å². The van der Waals surface area contributed by atoms with Crippen LogP contribution < -0.4 is 20.5 Å². The van der Waals surface area contributed by atoms with Crippen molar-refractivity contribution in [1.82, 2.24) is 10.9 Å². The van der Waals surface area contributed by atoms with E-state index >= 15 is 0 Å². The lowest BCUT2D eigenvalue weighted by molar-refractivity contribution is -0.384. The van der Waals surface area contributed by atoms with Crippen LogP contribution in [0.2, 0.25) is 0 Å². The summed E-state index contributed by atoms with van der Waals surface area (Å²) in [7, 11) is 0. The lowest BCUT2D eigenvalue weighted by atomic mass is 10.1. The van der Waals surface area contributed by atoms with Gasteiger partial charge in [-0.3, -0.25) is 35.3 Å². The van der Waals surface area contributed by atoms with Crippen LogP contribution >= 0.6 is 0 Å². The number of amides is 3. The number of hydrogen-bond donors (Lipinski definition) is 2. The number of nitro groups is 1. The fraction of sp³-hybridized carbons (Fsp3) is 0.250. The molecule has 0 bridgehead atoms. The van der Waals surface area contributed by atoms with Crippen molar-refractivity contribution in [2.24, 2.45) is 5.92 Å². The molecule has 30 heavy (non-hydrogen) atoms. The number of non-ortho nitro benzene ring substituents is 1. The fourth-order valence-corrected chi connectivity index (χ4v) is 3.10. The molecule has 1 aliphatic heterocycles. The Morgan fingerprint density at radius 2 is 1.87 bits per heavy atom. The summed E-state index contributed by atoms with van der Waals surface area (Å²) < 4.78 is 5.55. The zero-order valence-electron chi connectivity index (χ0n) is 16.2. The first-order valence-electron chi connectivity index (χ1n) is 9.27. The summed E-state index contributed by atoms with van der Waals surface area (Å²) in [6.45, 7) is 2.44. The topological polar surface area (TPSA) is 131 Å². The minimum absolute atomic E-state index is 0.000303. The van der Waals surface area contributed by atoms with Crippen molar-refractivity contribution in [1.29, 1.82) is 0 Å². The summed E-state index contributed by atoms with van der Waals surface area (Å²) in [4.78, 5) is 48.6. The van der Waals surface area contributed by atoms with E-state index in [4.69, 9.17) is 4.74 Å². The van der Waals surface area contributed by atoms with Crippen LogP contribution in [-0.2, 0) is 9.59 Å². The van der Waals surface area contributed by atoms with E-state index in [0.29, 0.717) is 18.0 Å². The van der Waals surface area contributed by atoms with Gasteiger partial charge in [0, 0.05) is 30.7 Å². The molecule has 0 aromatic heterocycles. The molecular weight excluding hydrogens is 392 g/mol. The molecular formula is C20H20N4O6. The molecule has 2 aromatic carbocycles. The lowest BCUT2D eigenvalue weighted by Gasteiger charge is -2.20. The van der Waals surface area contributed by atoms with Gasteiger partial charge in [0.25, 0.3) is 11.6 Å². The maximum Gasteiger partial charge on any atom is 0.269 e. The Kier molecular flexibility index (Phi) is 6.26. The monoisotopic (exact) mass is 412 g/mol. The molecule has 0 aliphatic carbocycles. The standard InChI is InChI=1S/C20H20N4O6/c1-2-30-17-6-4-3-5-16(17)23-12-14(11-18(23)25)20(27)22-21-19(26)13-7-9-15(10-8-13)24(28)29/h3-10,14H,2,11-12H2,1H3,(H,21,26)(H,22,27)/t14-/m1/s1. The highest BCUT2D eigenvalue weighted by molar-refractivity contribution is 6.02. The molecule has 3 rings (SSSR count). The van der Waals surface area contributed by atoms with Gasteiger partial charge in [0.2, 0.25) is 11.8 Å². The quantitative estimate of drug-likeness (QED) is 0.550. The summed E-state index contributed by atoms with van der Waals surface area (Å²) in [5.74, 6) is -1.44. The van der Waals surface area contributed by atoms with Gasteiger partial charge in [-0.2, -0.15) is 0 Å². The largest absolute Gasteiger partial charge is 0.492 e. The summed E-state index contributed by atoms with van der Waals surface area (Å²) in [5, 5.41) is 10.7. The average Bonchev–Trinajstić information content (AvgIpc) is 3.14. The number of nitro benzene ring substituents is 1. The number of nitrogens with zero attached hydrogens (tertiary/aromatic N) is 2. The van der Waals surface area contributed by atoms with E-state index in [1.807, 2.05) is 6.92 Å². The van der Waals surface area contributed by atoms with Crippen molar-refractivity contribution in [2.45, 2.75) is 13.3 Å². The van der Waals surface area contributed by atoms with Gasteiger partial charge in [-0.1, -0.05) is 12.1 Å². The minimum Gasteiger partial charge on any atom is -0.492 e. The van der Waals surface area contributed by atoms with E-state index in [0.717, 1.165) is 0 Å². The number of ether oxygens (including phenoxy) is 1. The molecule has 0 unspecified atom stereocenters. The molecule has 1 atom stereocenters. The first-order valence-corrected chi connectivity index (χ1v) is 9.27. The maximum absolute atomic E-state index is 12.4. The van der Waals surface area contributed by atoms with Gasteiger partial charge in [0.15, 0.2) is 0 Å². The summed E-state index contributed by atoms with van der Waals surface area (Å²) in [6, 6.07) is 12.0. The molecule has 1 heterocycles.